The van der Waals surface area contributed by atoms with Crippen LogP contribution in [0.4, 0.5) is 17.1 Å². The Hall–Kier alpha value is -7.94. The summed E-state index contributed by atoms with van der Waals surface area (Å²) in [5, 5.41) is 4.83. The van der Waals surface area contributed by atoms with Crippen LogP contribution in [0.5, 0.6) is 0 Å². The van der Waals surface area contributed by atoms with E-state index in [2.05, 4.69) is 233 Å². The van der Waals surface area contributed by atoms with E-state index in [0.717, 1.165) is 50.1 Å². The summed E-state index contributed by atoms with van der Waals surface area (Å²) in [6.07, 6.45) is 0. The van der Waals surface area contributed by atoms with Gasteiger partial charge in [-0.25, -0.2) is 0 Å². The third-order valence-corrected chi connectivity index (χ3v) is 14.9. The van der Waals surface area contributed by atoms with E-state index < -0.39 is 0 Å². The van der Waals surface area contributed by atoms with E-state index in [9.17, 15) is 0 Å². The number of para-hydroxylation sites is 1. The molecule has 2 aliphatic rings. The molecule has 2 nitrogen and oxygen atoms in total. The topological polar surface area (TPSA) is 16.4 Å². The summed E-state index contributed by atoms with van der Waals surface area (Å²) in [5.74, 6) is 0. The van der Waals surface area contributed by atoms with Crippen LogP contribution in [0.3, 0.4) is 0 Å². The lowest BCUT2D eigenvalue weighted by molar-refractivity contribution is 0.660. The van der Waals surface area contributed by atoms with Gasteiger partial charge < -0.3 is 9.32 Å². The maximum absolute atomic E-state index is 6.22. The second kappa shape index (κ2) is 14.3. The highest BCUT2D eigenvalue weighted by Crippen LogP contribution is 2.54. The van der Waals surface area contributed by atoms with Gasteiger partial charge in [-0.3, -0.25) is 0 Å². The van der Waals surface area contributed by atoms with Gasteiger partial charge in [-0.1, -0.05) is 173 Å². The van der Waals surface area contributed by atoms with Crippen LogP contribution >= 0.6 is 0 Å². The molecule has 1 aromatic heterocycles. The third kappa shape index (κ3) is 5.88. The van der Waals surface area contributed by atoms with E-state index in [1.807, 2.05) is 12.1 Å². The maximum atomic E-state index is 6.22. The van der Waals surface area contributed by atoms with Crippen molar-refractivity contribution >= 4 is 49.8 Å². The van der Waals surface area contributed by atoms with Crippen molar-refractivity contribution in [2.24, 2.45) is 0 Å². The molecule has 10 aromatic carbocycles. The fourth-order valence-corrected chi connectivity index (χ4v) is 11.3. The minimum Gasteiger partial charge on any atom is -0.456 e. The quantitative estimate of drug-likeness (QED) is 0.166. The molecule has 0 saturated heterocycles. The maximum Gasteiger partial charge on any atom is 0.136 e. The van der Waals surface area contributed by atoms with Crippen LogP contribution in [0.25, 0.3) is 88.3 Å². The van der Waals surface area contributed by atoms with E-state index in [1.165, 1.54) is 77.5 Å². The first-order chi connectivity index (χ1) is 32.2. The summed E-state index contributed by atoms with van der Waals surface area (Å²) in [6.45, 7) is 9.51. The largest absolute Gasteiger partial charge is 0.456 e. The molecule has 1 heterocycles. The van der Waals surface area contributed by atoms with Crippen molar-refractivity contribution in [2.45, 2.75) is 38.5 Å². The Bertz CT molecular complexity index is 3750. The number of nitrogens with zero attached hydrogens (tertiary/aromatic N) is 1. The lowest BCUT2D eigenvalue weighted by Gasteiger charge is -2.30. The van der Waals surface area contributed by atoms with Crippen molar-refractivity contribution in [3.63, 3.8) is 0 Å². The molecule has 2 aliphatic carbocycles. The Balaban J connectivity index is 0.871. The zero-order chi connectivity index (χ0) is 44.3. The second-order valence-electron chi connectivity index (χ2n) is 19.3. The molecule has 0 amide bonds. The van der Waals surface area contributed by atoms with E-state index in [0.29, 0.717) is 0 Å². The first-order valence-electron chi connectivity index (χ1n) is 23.1. The van der Waals surface area contributed by atoms with Crippen LogP contribution in [0.2, 0.25) is 0 Å². The average Bonchev–Trinajstić information content (AvgIpc) is 3.93. The van der Waals surface area contributed by atoms with Gasteiger partial charge in [0, 0.05) is 38.7 Å². The highest BCUT2D eigenvalue weighted by atomic mass is 16.3. The fraction of sp³-hybridized carbons (Fsp3) is 0.0938. The Morgan fingerprint density at radius 2 is 0.758 bits per heavy atom. The molecule has 0 N–H and O–H groups in total. The number of fused-ring (bicyclic) bond motifs is 10. The van der Waals surface area contributed by atoms with Gasteiger partial charge in [0.2, 0.25) is 0 Å². The van der Waals surface area contributed by atoms with Crippen LogP contribution in [0.15, 0.2) is 217 Å². The van der Waals surface area contributed by atoms with Gasteiger partial charge in [0.15, 0.2) is 0 Å². The molecular formula is C64H47NO. The second-order valence-corrected chi connectivity index (χ2v) is 19.3. The van der Waals surface area contributed by atoms with Crippen LogP contribution in [-0.4, -0.2) is 0 Å². The summed E-state index contributed by atoms with van der Waals surface area (Å²) in [4.78, 5) is 2.46. The van der Waals surface area contributed by atoms with Gasteiger partial charge >= 0.3 is 0 Å². The predicted molar refractivity (Wildman–Crippen MR) is 277 cm³/mol. The molecule has 0 bridgehead atoms. The zero-order valence-corrected chi connectivity index (χ0v) is 37.6. The minimum absolute atomic E-state index is 0.119. The number of hydrogen-bond acceptors (Lipinski definition) is 2. The van der Waals surface area contributed by atoms with Crippen molar-refractivity contribution in [2.75, 3.05) is 4.90 Å². The van der Waals surface area contributed by atoms with Crippen molar-refractivity contribution in [3.8, 4) is 55.6 Å². The van der Waals surface area contributed by atoms with E-state index in [4.69, 9.17) is 4.42 Å². The van der Waals surface area contributed by atoms with Crippen LogP contribution in [0.1, 0.15) is 49.9 Å². The summed E-state index contributed by atoms with van der Waals surface area (Å²) in [7, 11) is 0. The number of anilines is 3. The van der Waals surface area contributed by atoms with Gasteiger partial charge in [0.05, 0.1) is 0 Å². The molecule has 0 spiro atoms. The third-order valence-electron chi connectivity index (χ3n) is 14.9. The molecule has 13 rings (SSSR count). The lowest BCUT2D eigenvalue weighted by atomic mass is 9.81. The standard InChI is InChI=1S/C64H47NO/c1-63(2)57-15-9-7-13-51(57)53-33-29-49(38-59(53)63)65(48-27-23-42(24-28-48)41-17-19-43(20-18-41)47-26-32-56-55-14-8-10-16-61(55)66-62(56)37-47)50-30-34-54-52-31-25-46(36-58(52)64(3,4)60(54)39-50)45-22-21-40-11-5-6-12-44(40)35-45/h5-39H,1-4H3. The zero-order valence-electron chi connectivity index (χ0n) is 37.6. The Kier molecular flexibility index (Phi) is 8.33. The Morgan fingerprint density at radius 1 is 0.303 bits per heavy atom. The smallest absolute Gasteiger partial charge is 0.136 e. The lowest BCUT2D eigenvalue weighted by Crippen LogP contribution is -2.18. The van der Waals surface area contributed by atoms with Gasteiger partial charge in [-0.2, -0.15) is 0 Å². The molecule has 314 valence electrons. The summed E-state index contributed by atoms with van der Waals surface area (Å²) < 4.78 is 6.22. The van der Waals surface area contributed by atoms with Crippen molar-refractivity contribution in [1.29, 1.82) is 0 Å². The van der Waals surface area contributed by atoms with E-state index >= 15 is 0 Å². The summed E-state index contributed by atoms with van der Waals surface area (Å²) >= 11 is 0. The molecule has 0 aliphatic heterocycles. The Morgan fingerprint density at radius 3 is 1.48 bits per heavy atom. The molecular weight excluding hydrogens is 799 g/mol. The van der Waals surface area contributed by atoms with Crippen molar-refractivity contribution in [1.82, 2.24) is 0 Å². The van der Waals surface area contributed by atoms with Crippen LogP contribution in [-0.2, 0) is 10.8 Å². The van der Waals surface area contributed by atoms with Gasteiger partial charge in [-0.15, -0.1) is 0 Å². The summed E-state index contributed by atoms with van der Waals surface area (Å²) in [5.41, 5.74) is 22.9. The van der Waals surface area contributed by atoms with Crippen molar-refractivity contribution in [3.05, 3.63) is 235 Å². The monoisotopic (exact) mass is 845 g/mol. The molecule has 0 fully saturated rings. The first-order valence-corrected chi connectivity index (χ1v) is 23.1. The number of benzene rings is 10. The van der Waals surface area contributed by atoms with Crippen molar-refractivity contribution < 1.29 is 4.42 Å². The van der Waals surface area contributed by atoms with Gasteiger partial charge in [0.1, 0.15) is 11.2 Å². The molecule has 2 heteroatoms. The molecule has 11 aromatic rings. The van der Waals surface area contributed by atoms with Gasteiger partial charge in [0.25, 0.3) is 0 Å². The normalized spacial score (nSPS) is 14.0. The minimum atomic E-state index is -0.200. The fourth-order valence-electron chi connectivity index (χ4n) is 11.3. The molecule has 0 radical (unpaired) electrons. The Labute approximate surface area is 386 Å². The van der Waals surface area contributed by atoms with Gasteiger partial charge in [-0.05, 0) is 155 Å². The van der Waals surface area contributed by atoms with E-state index in [-0.39, 0.29) is 10.8 Å². The highest BCUT2D eigenvalue weighted by molar-refractivity contribution is 6.06. The molecule has 0 unspecified atom stereocenters. The van der Waals surface area contributed by atoms with Crippen LogP contribution < -0.4 is 4.90 Å². The predicted octanol–water partition coefficient (Wildman–Crippen LogP) is 17.8. The van der Waals surface area contributed by atoms with E-state index in [1.54, 1.807) is 0 Å². The molecule has 0 saturated carbocycles. The highest BCUT2D eigenvalue weighted by Gasteiger charge is 2.38. The first kappa shape index (κ1) is 38.5. The summed E-state index contributed by atoms with van der Waals surface area (Å²) in [6, 6.07) is 78.5. The number of hydrogen-bond donors (Lipinski definition) is 0. The number of rotatable bonds is 6. The molecule has 0 atom stereocenters. The number of furan rings is 1. The SMILES string of the molecule is CC1(C)c2ccccc2-c2ccc(N(c3ccc(-c4ccc(-c5ccc6c(c5)oc5ccccc56)cc4)cc3)c3ccc4c(c3)C(C)(C)c3cc(-c5ccc6ccccc6c5)ccc3-4)cc21. The molecule has 66 heavy (non-hydrogen) atoms. The average molecular weight is 846 g/mol. The van der Waals surface area contributed by atoms with Crippen LogP contribution in [0, 0.1) is 0 Å².